The molecule has 0 amide bonds. The topological polar surface area (TPSA) is 45.8 Å². The van der Waals surface area contributed by atoms with Crippen molar-refractivity contribution in [2.75, 3.05) is 0 Å². The fourth-order valence-electron chi connectivity index (χ4n) is 5.10. The standard InChI is InChI=1S/C24H24N2O/c1-23(2)18-12-13-24(23,3)21(27)17(18)14-15-8-10-16(11-9-15)22-25-19-6-4-5-7-20(19)26-22/h4-11,14,18H,12-13H2,1-3H3,(H,25,26)/b17-14-. The number of aromatic nitrogens is 2. The molecular weight excluding hydrogens is 332 g/mol. The molecule has 136 valence electrons. The molecule has 0 radical (unpaired) electrons. The van der Waals surface area contributed by atoms with Gasteiger partial charge in [0.25, 0.3) is 0 Å². The summed E-state index contributed by atoms with van der Waals surface area (Å²) in [4.78, 5) is 21.0. The van der Waals surface area contributed by atoms with Gasteiger partial charge in [0.2, 0.25) is 0 Å². The van der Waals surface area contributed by atoms with E-state index in [0.29, 0.717) is 11.7 Å². The van der Waals surface area contributed by atoms with E-state index in [0.717, 1.165) is 46.4 Å². The van der Waals surface area contributed by atoms with Crippen molar-refractivity contribution in [3.05, 3.63) is 59.7 Å². The maximum Gasteiger partial charge on any atom is 0.165 e. The number of hydrogen-bond donors (Lipinski definition) is 1. The zero-order chi connectivity index (χ0) is 18.8. The first kappa shape index (κ1) is 16.5. The smallest absolute Gasteiger partial charge is 0.165 e. The number of carbonyl (C=O) groups is 1. The third kappa shape index (κ3) is 2.21. The van der Waals surface area contributed by atoms with Crippen LogP contribution in [-0.2, 0) is 4.79 Å². The van der Waals surface area contributed by atoms with Gasteiger partial charge < -0.3 is 4.98 Å². The molecule has 0 aliphatic heterocycles. The highest BCUT2D eigenvalue weighted by Crippen LogP contribution is 2.65. The molecule has 2 aliphatic rings. The highest BCUT2D eigenvalue weighted by molar-refractivity contribution is 6.08. The molecule has 2 fully saturated rings. The Balaban J connectivity index is 1.48. The summed E-state index contributed by atoms with van der Waals surface area (Å²) >= 11 is 0. The van der Waals surface area contributed by atoms with E-state index in [1.807, 2.05) is 24.3 Å². The molecule has 3 heteroatoms. The zero-order valence-corrected chi connectivity index (χ0v) is 16.0. The van der Waals surface area contributed by atoms with Crippen LogP contribution >= 0.6 is 0 Å². The number of allylic oxidation sites excluding steroid dienone is 1. The lowest BCUT2D eigenvalue weighted by Crippen LogP contribution is -2.32. The van der Waals surface area contributed by atoms with Crippen LogP contribution in [-0.4, -0.2) is 15.8 Å². The van der Waals surface area contributed by atoms with Gasteiger partial charge in [-0.05, 0) is 53.5 Å². The molecule has 2 saturated carbocycles. The van der Waals surface area contributed by atoms with E-state index < -0.39 is 0 Å². The van der Waals surface area contributed by atoms with Gasteiger partial charge in [-0.2, -0.15) is 0 Å². The molecule has 0 spiro atoms. The third-order valence-electron chi connectivity index (χ3n) is 7.26. The molecule has 0 saturated heterocycles. The fourth-order valence-corrected chi connectivity index (χ4v) is 5.10. The molecule has 2 unspecified atom stereocenters. The van der Waals surface area contributed by atoms with Gasteiger partial charge in [-0.15, -0.1) is 0 Å². The number of para-hydroxylation sites is 2. The normalized spacial score (nSPS) is 27.7. The number of imidazole rings is 1. The summed E-state index contributed by atoms with van der Waals surface area (Å²) in [6.07, 6.45) is 4.26. The van der Waals surface area contributed by atoms with E-state index >= 15 is 0 Å². The van der Waals surface area contributed by atoms with Crippen LogP contribution in [0.1, 0.15) is 39.2 Å². The second kappa shape index (κ2) is 5.41. The largest absolute Gasteiger partial charge is 0.338 e. The van der Waals surface area contributed by atoms with Crippen LogP contribution in [0.15, 0.2) is 54.1 Å². The number of rotatable bonds is 2. The molecule has 2 atom stereocenters. The lowest BCUT2D eigenvalue weighted by molar-refractivity contribution is -0.125. The number of aromatic amines is 1. The molecule has 1 heterocycles. The van der Waals surface area contributed by atoms with Crippen LogP contribution in [0.2, 0.25) is 0 Å². The second-order valence-electron chi connectivity index (χ2n) is 8.80. The highest BCUT2D eigenvalue weighted by atomic mass is 16.1. The van der Waals surface area contributed by atoms with E-state index in [-0.39, 0.29) is 10.8 Å². The van der Waals surface area contributed by atoms with Crippen LogP contribution in [0.4, 0.5) is 0 Å². The Hall–Kier alpha value is -2.68. The van der Waals surface area contributed by atoms with Crippen molar-refractivity contribution < 1.29 is 4.79 Å². The van der Waals surface area contributed by atoms with Gasteiger partial charge in [-0.3, -0.25) is 4.79 Å². The number of fused-ring (bicyclic) bond motifs is 3. The maximum atomic E-state index is 13.0. The minimum Gasteiger partial charge on any atom is -0.338 e. The summed E-state index contributed by atoms with van der Waals surface area (Å²) < 4.78 is 0. The Kier molecular flexibility index (Phi) is 3.31. The molecule has 3 aromatic rings. The molecular formula is C24H24N2O. The lowest BCUT2D eigenvalue weighted by Gasteiger charge is -2.31. The van der Waals surface area contributed by atoms with Gasteiger partial charge in [0, 0.05) is 11.0 Å². The monoisotopic (exact) mass is 356 g/mol. The molecule has 1 aromatic heterocycles. The number of carbonyl (C=O) groups excluding carboxylic acids is 1. The van der Waals surface area contributed by atoms with Crippen LogP contribution in [0.25, 0.3) is 28.5 Å². The Bertz CT molecular complexity index is 1050. The molecule has 5 rings (SSSR count). The SMILES string of the molecule is CC12CCC(/C(=C/c3ccc(-c4nc5ccccc5[nH]4)cc3)C1=O)C2(C)C. The number of Topliss-reactive ketones (excluding diaryl/α,β-unsaturated/α-hetero) is 1. The summed E-state index contributed by atoms with van der Waals surface area (Å²) in [7, 11) is 0. The maximum absolute atomic E-state index is 13.0. The summed E-state index contributed by atoms with van der Waals surface area (Å²) in [5.74, 6) is 1.61. The van der Waals surface area contributed by atoms with Gasteiger partial charge in [0.1, 0.15) is 5.82 Å². The molecule has 2 bridgehead atoms. The summed E-state index contributed by atoms with van der Waals surface area (Å²) in [5, 5.41) is 0. The van der Waals surface area contributed by atoms with Crippen LogP contribution in [0, 0.1) is 16.7 Å². The molecule has 2 aromatic carbocycles. The predicted molar refractivity (Wildman–Crippen MR) is 109 cm³/mol. The lowest BCUT2D eigenvalue weighted by atomic mass is 9.70. The number of ketones is 1. The average molecular weight is 356 g/mol. The quantitative estimate of drug-likeness (QED) is 0.604. The minimum absolute atomic E-state index is 0.0597. The van der Waals surface area contributed by atoms with Gasteiger partial charge in [-0.1, -0.05) is 57.2 Å². The molecule has 3 nitrogen and oxygen atoms in total. The summed E-state index contributed by atoms with van der Waals surface area (Å²) in [5.41, 5.74) is 5.04. The number of H-pyrrole nitrogens is 1. The van der Waals surface area contributed by atoms with Crippen molar-refractivity contribution in [2.45, 2.75) is 33.6 Å². The highest BCUT2D eigenvalue weighted by Gasteiger charge is 2.63. The van der Waals surface area contributed by atoms with E-state index in [4.69, 9.17) is 0 Å². The predicted octanol–water partition coefficient (Wildman–Crippen LogP) is 5.64. The zero-order valence-electron chi connectivity index (χ0n) is 16.0. The van der Waals surface area contributed by atoms with Crippen molar-refractivity contribution in [3.63, 3.8) is 0 Å². The second-order valence-corrected chi connectivity index (χ2v) is 8.80. The van der Waals surface area contributed by atoms with Gasteiger partial charge in [0.15, 0.2) is 5.78 Å². The van der Waals surface area contributed by atoms with Crippen molar-refractivity contribution in [1.29, 1.82) is 0 Å². The number of nitrogens with one attached hydrogen (secondary N) is 1. The Morgan fingerprint density at radius 2 is 1.81 bits per heavy atom. The van der Waals surface area contributed by atoms with E-state index in [9.17, 15) is 4.79 Å². The van der Waals surface area contributed by atoms with Gasteiger partial charge >= 0.3 is 0 Å². The van der Waals surface area contributed by atoms with Crippen LogP contribution in [0.3, 0.4) is 0 Å². The number of nitrogens with zero attached hydrogens (tertiary/aromatic N) is 1. The first-order valence-corrected chi connectivity index (χ1v) is 9.72. The third-order valence-corrected chi connectivity index (χ3v) is 7.26. The Morgan fingerprint density at radius 3 is 2.48 bits per heavy atom. The number of hydrogen-bond acceptors (Lipinski definition) is 2. The number of benzene rings is 2. The van der Waals surface area contributed by atoms with Crippen LogP contribution < -0.4 is 0 Å². The molecule has 1 N–H and O–H groups in total. The average Bonchev–Trinajstić information content (AvgIpc) is 3.23. The summed E-state index contributed by atoms with van der Waals surface area (Å²) in [6.45, 7) is 6.67. The van der Waals surface area contributed by atoms with Crippen molar-refractivity contribution >= 4 is 22.9 Å². The van der Waals surface area contributed by atoms with E-state index in [2.05, 4.69) is 61.1 Å². The summed E-state index contributed by atoms with van der Waals surface area (Å²) in [6, 6.07) is 16.4. The molecule has 27 heavy (non-hydrogen) atoms. The van der Waals surface area contributed by atoms with Crippen molar-refractivity contribution in [1.82, 2.24) is 9.97 Å². The van der Waals surface area contributed by atoms with Crippen LogP contribution in [0.5, 0.6) is 0 Å². The fraction of sp³-hybridized carbons (Fsp3) is 0.333. The Labute approximate surface area is 159 Å². The van der Waals surface area contributed by atoms with E-state index in [1.54, 1.807) is 0 Å². The van der Waals surface area contributed by atoms with E-state index in [1.165, 1.54) is 0 Å². The first-order chi connectivity index (χ1) is 12.9. The van der Waals surface area contributed by atoms with Crippen molar-refractivity contribution in [2.24, 2.45) is 16.7 Å². The first-order valence-electron chi connectivity index (χ1n) is 9.72. The molecule has 2 aliphatic carbocycles. The van der Waals surface area contributed by atoms with Crippen molar-refractivity contribution in [3.8, 4) is 11.4 Å². The minimum atomic E-state index is -0.197. The van der Waals surface area contributed by atoms with Gasteiger partial charge in [0.05, 0.1) is 11.0 Å². The Morgan fingerprint density at radius 1 is 1.07 bits per heavy atom. The van der Waals surface area contributed by atoms with Gasteiger partial charge in [-0.25, -0.2) is 4.98 Å².